The van der Waals surface area contributed by atoms with E-state index in [1.165, 1.54) is 16.2 Å². The molecule has 3 rings (SSSR count). The molecule has 0 saturated heterocycles. The van der Waals surface area contributed by atoms with Crippen molar-refractivity contribution >= 4 is 40.3 Å². The minimum Gasteiger partial charge on any atom is -0.489 e. The Morgan fingerprint density at radius 3 is 2.69 bits per heavy atom. The summed E-state index contributed by atoms with van der Waals surface area (Å²) in [4.78, 5) is 30.9. The number of ether oxygens (including phenoxy) is 1. The summed E-state index contributed by atoms with van der Waals surface area (Å²) in [6.07, 6.45) is -0.983. The lowest BCUT2D eigenvalue weighted by Gasteiger charge is -2.17. The molecular weight excluding hydrogens is 421 g/mol. The van der Waals surface area contributed by atoms with Gasteiger partial charge in [-0.1, -0.05) is 23.2 Å². The average Bonchev–Trinajstić information content (AvgIpc) is 2.97. The number of aromatic amines is 1. The van der Waals surface area contributed by atoms with Crippen LogP contribution in [0.1, 0.15) is 13.8 Å². The molecule has 29 heavy (non-hydrogen) atoms. The molecule has 0 amide bonds. The number of nitrogens with zero attached hydrogens (tertiary/aromatic N) is 3. The van der Waals surface area contributed by atoms with Crippen molar-refractivity contribution in [3.05, 3.63) is 49.1 Å². The number of imidazole rings is 1. The maximum absolute atomic E-state index is 12.4. The van der Waals surface area contributed by atoms with Crippen LogP contribution in [-0.2, 0) is 13.6 Å². The molecule has 3 aromatic rings. The SMILES string of the molecule is CC(C)Nc1nc2c(c(=O)[nH]c(=O)n2C)n1C[C@@H](O)COc1ccc(Cl)cc1Cl. The number of halogens is 2. The molecule has 11 heteroatoms. The highest BCUT2D eigenvalue weighted by Gasteiger charge is 2.20. The Morgan fingerprint density at radius 1 is 1.31 bits per heavy atom. The highest BCUT2D eigenvalue weighted by atomic mass is 35.5. The van der Waals surface area contributed by atoms with E-state index < -0.39 is 17.4 Å². The molecule has 0 saturated carbocycles. The van der Waals surface area contributed by atoms with Gasteiger partial charge in [0.1, 0.15) is 18.5 Å². The number of rotatable bonds is 7. The van der Waals surface area contributed by atoms with Crippen molar-refractivity contribution in [3.63, 3.8) is 0 Å². The van der Waals surface area contributed by atoms with E-state index in [-0.39, 0.29) is 30.4 Å². The summed E-state index contributed by atoms with van der Waals surface area (Å²) >= 11 is 11.9. The lowest BCUT2D eigenvalue weighted by molar-refractivity contribution is 0.0938. The van der Waals surface area contributed by atoms with E-state index in [0.29, 0.717) is 21.7 Å². The zero-order valence-corrected chi connectivity index (χ0v) is 17.6. The van der Waals surface area contributed by atoms with Crippen LogP contribution in [0, 0.1) is 0 Å². The molecule has 0 fully saturated rings. The average molecular weight is 442 g/mol. The van der Waals surface area contributed by atoms with Crippen molar-refractivity contribution < 1.29 is 9.84 Å². The molecule has 2 heterocycles. The van der Waals surface area contributed by atoms with Crippen LogP contribution in [0.25, 0.3) is 11.2 Å². The van der Waals surface area contributed by atoms with Crippen LogP contribution in [0.2, 0.25) is 10.0 Å². The standard InChI is InChI=1S/C18H21Cl2N5O4/c1-9(2)21-17-22-15-14(16(27)23-18(28)24(15)3)25(17)7-11(26)8-29-13-5-4-10(19)6-12(13)20/h4-6,9,11,26H,7-8H2,1-3H3,(H,21,22)(H,23,27,28)/t11-/m1/s1. The summed E-state index contributed by atoms with van der Waals surface area (Å²) in [5.41, 5.74) is -0.750. The summed E-state index contributed by atoms with van der Waals surface area (Å²) in [6, 6.07) is 4.79. The molecule has 0 unspecified atom stereocenters. The fourth-order valence-corrected chi connectivity index (χ4v) is 3.29. The summed E-state index contributed by atoms with van der Waals surface area (Å²) < 4.78 is 8.35. The number of aryl methyl sites for hydroxylation is 1. The number of aliphatic hydroxyl groups is 1. The van der Waals surface area contributed by atoms with Gasteiger partial charge in [-0.25, -0.2) is 4.79 Å². The van der Waals surface area contributed by atoms with E-state index in [0.717, 1.165) is 0 Å². The molecule has 2 aromatic heterocycles. The van der Waals surface area contributed by atoms with Gasteiger partial charge in [0.25, 0.3) is 5.56 Å². The molecule has 1 aromatic carbocycles. The predicted octanol–water partition coefficient (Wildman–Crippen LogP) is 1.99. The van der Waals surface area contributed by atoms with E-state index in [1.807, 2.05) is 13.8 Å². The molecule has 156 valence electrons. The first-order valence-corrected chi connectivity index (χ1v) is 9.65. The first-order chi connectivity index (χ1) is 13.7. The van der Waals surface area contributed by atoms with Gasteiger partial charge >= 0.3 is 5.69 Å². The van der Waals surface area contributed by atoms with Gasteiger partial charge in [0.15, 0.2) is 11.2 Å². The number of hydrogen-bond donors (Lipinski definition) is 3. The molecule has 0 aliphatic carbocycles. The normalized spacial score (nSPS) is 12.5. The van der Waals surface area contributed by atoms with Crippen molar-refractivity contribution in [1.82, 2.24) is 19.1 Å². The van der Waals surface area contributed by atoms with Crippen molar-refractivity contribution in [1.29, 1.82) is 0 Å². The molecule has 0 aliphatic heterocycles. The second kappa shape index (κ2) is 8.48. The Hall–Kier alpha value is -2.49. The topological polar surface area (TPSA) is 114 Å². The summed E-state index contributed by atoms with van der Waals surface area (Å²) in [5.74, 6) is 0.747. The van der Waals surface area contributed by atoms with Crippen molar-refractivity contribution in [3.8, 4) is 5.75 Å². The van der Waals surface area contributed by atoms with E-state index >= 15 is 0 Å². The maximum Gasteiger partial charge on any atom is 0.329 e. The molecule has 3 N–H and O–H groups in total. The maximum atomic E-state index is 12.4. The third-order valence-corrected chi connectivity index (χ3v) is 4.67. The summed E-state index contributed by atoms with van der Waals surface area (Å²) in [7, 11) is 1.51. The first kappa shape index (κ1) is 21.2. The van der Waals surface area contributed by atoms with Crippen LogP contribution in [0.4, 0.5) is 5.95 Å². The Morgan fingerprint density at radius 2 is 2.03 bits per heavy atom. The lowest BCUT2D eigenvalue weighted by atomic mass is 10.3. The Labute approximate surface area is 175 Å². The van der Waals surface area contributed by atoms with E-state index in [9.17, 15) is 14.7 Å². The van der Waals surface area contributed by atoms with Gasteiger partial charge in [0.05, 0.1) is 11.6 Å². The zero-order chi connectivity index (χ0) is 21.3. The Balaban J connectivity index is 1.90. The highest BCUT2D eigenvalue weighted by Crippen LogP contribution is 2.27. The van der Waals surface area contributed by atoms with Crippen LogP contribution in [0.15, 0.2) is 27.8 Å². The smallest absolute Gasteiger partial charge is 0.329 e. The number of nitrogens with one attached hydrogen (secondary N) is 2. The van der Waals surface area contributed by atoms with Gasteiger partial charge < -0.3 is 19.7 Å². The lowest BCUT2D eigenvalue weighted by Crippen LogP contribution is -2.31. The van der Waals surface area contributed by atoms with Gasteiger partial charge in [-0.2, -0.15) is 4.98 Å². The van der Waals surface area contributed by atoms with Crippen LogP contribution in [0.5, 0.6) is 5.75 Å². The van der Waals surface area contributed by atoms with Crippen LogP contribution < -0.4 is 21.3 Å². The van der Waals surface area contributed by atoms with E-state index in [4.69, 9.17) is 27.9 Å². The first-order valence-electron chi connectivity index (χ1n) is 8.89. The monoisotopic (exact) mass is 441 g/mol. The Kier molecular flexibility index (Phi) is 6.21. The fraction of sp³-hybridized carbons (Fsp3) is 0.389. The van der Waals surface area contributed by atoms with Crippen molar-refractivity contribution in [2.75, 3.05) is 11.9 Å². The molecule has 1 atom stereocenters. The van der Waals surface area contributed by atoms with Crippen molar-refractivity contribution in [2.24, 2.45) is 7.05 Å². The Bertz CT molecular complexity index is 1150. The number of fused-ring (bicyclic) bond motifs is 1. The van der Waals surface area contributed by atoms with E-state index in [1.54, 1.807) is 18.2 Å². The largest absolute Gasteiger partial charge is 0.489 e. The molecular formula is C18H21Cl2N5O4. The number of benzene rings is 1. The number of anilines is 1. The zero-order valence-electron chi connectivity index (χ0n) is 16.1. The molecule has 9 nitrogen and oxygen atoms in total. The minimum absolute atomic E-state index is 0.0120. The van der Waals surface area contributed by atoms with Gasteiger partial charge in [-0.3, -0.25) is 14.3 Å². The molecule has 0 bridgehead atoms. The third kappa shape index (κ3) is 4.58. The molecule has 0 aliphatic rings. The van der Waals surface area contributed by atoms with Gasteiger partial charge in [0.2, 0.25) is 5.95 Å². The number of aliphatic hydroxyl groups excluding tert-OH is 1. The predicted molar refractivity (Wildman–Crippen MR) is 112 cm³/mol. The van der Waals surface area contributed by atoms with Gasteiger partial charge in [0, 0.05) is 18.1 Å². The number of aromatic nitrogens is 4. The van der Waals surface area contributed by atoms with Gasteiger partial charge in [-0.05, 0) is 32.0 Å². The molecule has 0 radical (unpaired) electrons. The van der Waals surface area contributed by atoms with Crippen LogP contribution in [-0.4, -0.2) is 43.0 Å². The summed E-state index contributed by atoms with van der Waals surface area (Å²) in [5, 5.41) is 14.4. The number of H-pyrrole nitrogens is 1. The summed E-state index contributed by atoms with van der Waals surface area (Å²) in [6.45, 7) is 3.76. The highest BCUT2D eigenvalue weighted by molar-refractivity contribution is 6.35. The fourth-order valence-electron chi connectivity index (χ4n) is 2.82. The number of hydrogen-bond acceptors (Lipinski definition) is 6. The minimum atomic E-state index is -0.983. The third-order valence-electron chi connectivity index (χ3n) is 4.14. The van der Waals surface area contributed by atoms with Crippen LogP contribution in [0.3, 0.4) is 0 Å². The second-order valence-electron chi connectivity index (χ2n) is 6.88. The quantitative estimate of drug-likeness (QED) is 0.516. The van der Waals surface area contributed by atoms with Gasteiger partial charge in [-0.15, -0.1) is 0 Å². The van der Waals surface area contributed by atoms with Crippen molar-refractivity contribution in [2.45, 2.75) is 32.5 Å². The second-order valence-corrected chi connectivity index (χ2v) is 7.72. The molecule has 0 spiro atoms. The van der Waals surface area contributed by atoms with E-state index in [2.05, 4.69) is 15.3 Å². The van der Waals surface area contributed by atoms with Crippen LogP contribution >= 0.6 is 23.2 Å².